The second-order valence-corrected chi connectivity index (χ2v) is 14.5. The van der Waals surface area contributed by atoms with Crippen molar-refractivity contribution in [3.05, 3.63) is 35.9 Å². The van der Waals surface area contributed by atoms with Crippen LogP contribution in [-0.2, 0) is 19.1 Å². The zero-order valence-electron chi connectivity index (χ0n) is 28.0. The number of fused-ring (bicyclic) bond motifs is 1. The molecule has 47 heavy (non-hydrogen) atoms. The number of ether oxygens (including phenoxy) is 1. The summed E-state index contributed by atoms with van der Waals surface area (Å²) in [7, 11) is 0. The summed E-state index contributed by atoms with van der Waals surface area (Å²) in [5, 5.41) is 30.9. The predicted molar refractivity (Wildman–Crippen MR) is 171 cm³/mol. The molecule has 2 aliphatic rings. The zero-order chi connectivity index (χ0) is 34.5. The minimum atomic E-state index is -1.32. The summed E-state index contributed by atoms with van der Waals surface area (Å²) in [6, 6.07) is 1.37. The predicted octanol–water partition coefficient (Wildman–Crippen LogP) is 2.34. The molecule has 16 nitrogen and oxygen atoms in total. The van der Waals surface area contributed by atoms with E-state index in [9.17, 15) is 19.2 Å². The van der Waals surface area contributed by atoms with Crippen molar-refractivity contribution in [2.24, 2.45) is 11.3 Å². The molecule has 0 unspecified atom stereocenters. The van der Waals surface area contributed by atoms with Gasteiger partial charge in [0.2, 0.25) is 11.8 Å². The van der Waals surface area contributed by atoms with Gasteiger partial charge in [0, 0.05) is 18.9 Å². The van der Waals surface area contributed by atoms with Crippen LogP contribution in [0.25, 0.3) is 11.0 Å². The quantitative estimate of drug-likeness (QED) is 0.262. The molecule has 3 heterocycles. The number of carbonyl (C=O) groups excluding carboxylic acids is 4. The number of rotatable bonds is 8. The van der Waals surface area contributed by atoms with Crippen molar-refractivity contribution in [3.8, 4) is 0 Å². The average molecular weight is 650 g/mol. The molecule has 1 aliphatic heterocycles. The van der Waals surface area contributed by atoms with Crippen LogP contribution >= 0.6 is 0 Å². The Morgan fingerprint density at radius 3 is 2.23 bits per heavy atom. The molecule has 1 saturated heterocycles. The lowest BCUT2D eigenvalue weighted by Crippen LogP contribution is -2.59. The fourth-order valence-electron chi connectivity index (χ4n) is 5.83. The topological polar surface area (TPSA) is 202 Å². The van der Waals surface area contributed by atoms with Crippen LogP contribution in [0.15, 0.2) is 24.8 Å². The monoisotopic (exact) mass is 649 g/mol. The molecule has 252 valence electrons. The summed E-state index contributed by atoms with van der Waals surface area (Å²) in [4.78, 5) is 57.8. The van der Waals surface area contributed by atoms with Gasteiger partial charge in [-0.05, 0) is 74.9 Å². The van der Waals surface area contributed by atoms with E-state index in [0.717, 1.165) is 11.1 Å². The molecule has 4 N–H and O–H groups in total. The number of aromatic amines is 1. The van der Waals surface area contributed by atoms with Crippen LogP contribution in [0.3, 0.4) is 0 Å². The molecule has 3 aromatic rings. The highest BCUT2D eigenvalue weighted by atomic mass is 16.6. The van der Waals surface area contributed by atoms with E-state index in [1.54, 1.807) is 31.6 Å². The lowest BCUT2D eigenvalue weighted by Gasteiger charge is -2.36. The van der Waals surface area contributed by atoms with Crippen molar-refractivity contribution in [1.82, 2.24) is 51.2 Å². The van der Waals surface area contributed by atoms with Gasteiger partial charge in [0.1, 0.15) is 34.3 Å². The Morgan fingerprint density at radius 2 is 1.72 bits per heavy atom. The molecular weight excluding hydrogens is 606 g/mol. The molecule has 4 amide bonds. The molecule has 1 saturated carbocycles. The van der Waals surface area contributed by atoms with Crippen LogP contribution in [0.2, 0.25) is 0 Å². The number of benzene rings is 1. The van der Waals surface area contributed by atoms with Crippen LogP contribution in [0.4, 0.5) is 10.7 Å². The number of H-pyrrole nitrogens is 1. The highest BCUT2D eigenvalue weighted by Crippen LogP contribution is 2.45. The van der Waals surface area contributed by atoms with Crippen molar-refractivity contribution in [2.75, 3.05) is 11.9 Å². The van der Waals surface area contributed by atoms with E-state index < -0.39 is 58.5 Å². The van der Waals surface area contributed by atoms with E-state index in [4.69, 9.17) is 14.9 Å². The fraction of sp³-hybridized carbons (Fsp3) is 0.581. The molecule has 5 atom stereocenters. The Labute approximate surface area is 272 Å². The average Bonchev–Trinajstić information content (AvgIpc) is 3.37. The van der Waals surface area contributed by atoms with Gasteiger partial charge >= 0.3 is 6.09 Å². The van der Waals surface area contributed by atoms with E-state index in [2.05, 4.69) is 43.2 Å². The number of nitrogens with one attached hydrogen (secondary N) is 4. The fourth-order valence-corrected chi connectivity index (χ4v) is 5.83. The van der Waals surface area contributed by atoms with Crippen molar-refractivity contribution in [1.29, 1.82) is 0 Å². The summed E-state index contributed by atoms with van der Waals surface area (Å²) in [6.07, 6.45) is 1.31. The van der Waals surface area contributed by atoms with Gasteiger partial charge in [0.15, 0.2) is 0 Å². The molecule has 1 aliphatic carbocycles. The number of amides is 4. The standard InChI is InChI=1S/C31H43N11O5/c1-10-18-14-31(18,26(45)33-27-35-39-40-36-27)34-24(43)22-13-19(42-37-20-11-16(2)17(3)12-21(20)38-42)15-41(22)25(44)23(29(4,5)6)32-28(46)47-30(7,8)9/h10-12,18-19,22-23H,1,13-15H2,2-9H3,(H,32,46)(H,34,43)(H2,33,35,36,39,40,45)/t18-,19-,22+,23-,31-/m1/s1. The van der Waals surface area contributed by atoms with Crippen molar-refractivity contribution < 1.29 is 23.9 Å². The van der Waals surface area contributed by atoms with Gasteiger partial charge in [-0.3, -0.25) is 19.7 Å². The molecule has 0 bridgehead atoms. The normalized spacial score (nSPS) is 23.2. The first-order chi connectivity index (χ1) is 21.9. The minimum Gasteiger partial charge on any atom is -0.444 e. The van der Waals surface area contributed by atoms with E-state index in [-0.39, 0.29) is 24.8 Å². The number of likely N-dealkylation sites (tertiary alicyclic amines) is 1. The van der Waals surface area contributed by atoms with Gasteiger partial charge in [-0.15, -0.1) is 11.7 Å². The van der Waals surface area contributed by atoms with Crippen LogP contribution in [0, 0.1) is 25.2 Å². The Morgan fingerprint density at radius 1 is 1.09 bits per heavy atom. The number of anilines is 1. The maximum atomic E-state index is 14.4. The first-order valence-corrected chi connectivity index (χ1v) is 15.5. The third-order valence-corrected chi connectivity index (χ3v) is 8.60. The molecule has 0 radical (unpaired) electrons. The second-order valence-electron chi connectivity index (χ2n) is 14.5. The van der Waals surface area contributed by atoms with E-state index >= 15 is 0 Å². The number of hydrogen-bond donors (Lipinski definition) is 4. The van der Waals surface area contributed by atoms with Crippen molar-refractivity contribution in [3.63, 3.8) is 0 Å². The van der Waals surface area contributed by atoms with Gasteiger partial charge in [0.25, 0.3) is 11.9 Å². The van der Waals surface area contributed by atoms with E-state index in [0.29, 0.717) is 17.5 Å². The van der Waals surface area contributed by atoms with Crippen LogP contribution < -0.4 is 16.0 Å². The number of tetrazole rings is 1. The number of alkyl carbamates (subject to hydrolysis) is 1. The third-order valence-electron chi connectivity index (χ3n) is 8.60. The van der Waals surface area contributed by atoms with Gasteiger partial charge in [-0.1, -0.05) is 31.9 Å². The maximum absolute atomic E-state index is 14.4. The summed E-state index contributed by atoms with van der Waals surface area (Å²) < 4.78 is 5.47. The smallest absolute Gasteiger partial charge is 0.408 e. The second kappa shape index (κ2) is 12.0. The van der Waals surface area contributed by atoms with E-state index in [1.807, 2.05) is 46.8 Å². The number of aromatic nitrogens is 7. The molecule has 1 aromatic carbocycles. The van der Waals surface area contributed by atoms with Crippen LogP contribution in [0.1, 0.15) is 71.6 Å². The van der Waals surface area contributed by atoms with Crippen LogP contribution in [-0.4, -0.2) is 94.1 Å². The van der Waals surface area contributed by atoms with Crippen LogP contribution in [0.5, 0.6) is 0 Å². The zero-order valence-corrected chi connectivity index (χ0v) is 28.0. The minimum absolute atomic E-state index is 0.0420. The summed E-state index contributed by atoms with van der Waals surface area (Å²) in [5.74, 6) is -1.95. The number of nitrogens with zero attached hydrogens (tertiary/aromatic N) is 7. The Hall–Kier alpha value is -4.89. The highest BCUT2D eigenvalue weighted by Gasteiger charge is 2.61. The van der Waals surface area contributed by atoms with Gasteiger partial charge in [-0.2, -0.15) is 20.2 Å². The van der Waals surface area contributed by atoms with Crippen molar-refractivity contribution in [2.45, 2.75) is 97.5 Å². The first kappa shape index (κ1) is 33.5. The lowest BCUT2D eigenvalue weighted by atomic mass is 9.85. The van der Waals surface area contributed by atoms with Gasteiger partial charge < -0.3 is 20.3 Å². The Kier molecular flexibility index (Phi) is 8.58. The summed E-state index contributed by atoms with van der Waals surface area (Å²) in [6.45, 7) is 18.5. The lowest BCUT2D eigenvalue weighted by molar-refractivity contribution is -0.142. The SMILES string of the molecule is C=C[C@@H]1C[C@]1(NC(=O)[C@@H]1C[C@@H](n2nc3cc(C)c(C)cc3n2)CN1C(=O)[C@@H](NC(=O)OC(C)(C)C)C(C)(C)C)C(=O)Nc1nn[nH]n1. The highest BCUT2D eigenvalue weighted by molar-refractivity contribution is 6.04. The molecule has 2 fully saturated rings. The molecule has 5 rings (SSSR count). The van der Waals surface area contributed by atoms with Gasteiger partial charge in [-0.25, -0.2) is 4.79 Å². The molecule has 2 aromatic heterocycles. The molecule has 16 heteroatoms. The van der Waals surface area contributed by atoms with Gasteiger partial charge in [0.05, 0.1) is 6.04 Å². The Balaban J connectivity index is 1.46. The largest absolute Gasteiger partial charge is 0.444 e. The van der Waals surface area contributed by atoms with E-state index in [1.165, 1.54) is 4.90 Å². The first-order valence-electron chi connectivity index (χ1n) is 15.5. The number of aryl methyl sites for hydroxylation is 2. The Bertz CT molecular complexity index is 1670. The summed E-state index contributed by atoms with van der Waals surface area (Å²) >= 11 is 0. The van der Waals surface area contributed by atoms with Crippen molar-refractivity contribution >= 4 is 40.8 Å². The molecule has 0 spiro atoms. The maximum Gasteiger partial charge on any atom is 0.408 e. The number of carbonyl (C=O) groups is 4. The number of hydrogen-bond acceptors (Lipinski definition) is 10. The third kappa shape index (κ3) is 6.95. The summed E-state index contributed by atoms with van der Waals surface area (Å²) in [5.41, 5.74) is 0.663. The molecular formula is C31H43N11O5.